The normalized spacial score (nSPS) is 11.9. The SMILES string of the molecule is C=CCC(C(=O)OCC)c1ccc(Br)cc1. The van der Waals surface area contributed by atoms with Crippen molar-refractivity contribution < 1.29 is 9.53 Å². The van der Waals surface area contributed by atoms with E-state index in [1.807, 2.05) is 31.2 Å². The number of hydrogen-bond acceptors (Lipinski definition) is 2. The molecule has 1 aromatic carbocycles. The van der Waals surface area contributed by atoms with E-state index in [2.05, 4.69) is 22.5 Å². The van der Waals surface area contributed by atoms with Crippen molar-refractivity contribution in [2.24, 2.45) is 0 Å². The Morgan fingerprint density at radius 3 is 2.62 bits per heavy atom. The standard InChI is InChI=1S/C13H15BrO2/c1-3-5-12(13(15)16-4-2)10-6-8-11(14)9-7-10/h3,6-9,12H,1,4-5H2,2H3. The molecule has 1 aromatic rings. The van der Waals surface area contributed by atoms with Gasteiger partial charge in [0.25, 0.3) is 0 Å². The molecule has 16 heavy (non-hydrogen) atoms. The van der Waals surface area contributed by atoms with E-state index < -0.39 is 0 Å². The average Bonchev–Trinajstić information content (AvgIpc) is 2.28. The molecule has 0 aliphatic heterocycles. The lowest BCUT2D eigenvalue weighted by atomic mass is 9.96. The van der Waals surface area contributed by atoms with Gasteiger partial charge in [-0.1, -0.05) is 34.1 Å². The number of benzene rings is 1. The first-order valence-corrected chi connectivity index (χ1v) is 6.01. The largest absolute Gasteiger partial charge is 0.466 e. The summed E-state index contributed by atoms with van der Waals surface area (Å²) in [7, 11) is 0. The van der Waals surface area contributed by atoms with Crippen LogP contribution in [0.3, 0.4) is 0 Å². The molecule has 0 aliphatic carbocycles. The van der Waals surface area contributed by atoms with Gasteiger partial charge in [0, 0.05) is 4.47 Å². The Hall–Kier alpha value is -1.09. The van der Waals surface area contributed by atoms with Crippen LogP contribution in [0, 0.1) is 0 Å². The number of carbonyl (C=O) groups excluding carboxylic acids is 1. The molecule has 1 atom stereocenters. The van der Waals surface area contributed by atoms with Gasteiger partial charge in [-0.05, 0) is 31.0 Å². The Kier molecular flexibility index (Phi) is 5.26. The van der Waals surface area contributed by atoms with E-state index in [1.54, 1.807) is 6.08 Å². The maximum atomic E-state index is 11.7. The Balaban J connectivity index is 2.88. The van der Waals surface area contributed by atoms with E-state index in [0.29, 0.717) is 13.0 Å². The van der Waals surface area contributed by atoms with Crippen LogP contribution in [-0.2, 0) is 9.53 Å². The van der Waals surface area contributed by atoms with Crippen molar-refractivity contribution >= 4 is 21.9 Å². The minimum Gasteiger partial charge on any atom is -0.466 e. The molecule has 86 valence electrons. The number of hydrogen-bond donors (Lipinski definition) is 0. The fourth-order valence-corrected chi connectivity index (χ4v) is 1.74. The maximum Gasteiger partial charge on any atom is 0.313 e. The Morgan fingerprint density at radius 1 is 1.50 bits per heavy atom. The fourth-order valence-electron chi connectivity index (χ4n) is 1.47. The summed E-state index contributed by atoms with van der Waals surface area (Å²) in [6.45, 7) is 5.88. The molecule has 0 N–H and O–H groups in total. The number of allylic oxidation sites excluding steroid dienone is 1. The zero-order valence-electron chi connectivity index (χ0n) is 9.28. The van der Waals surface area contributed by atoms with Gasteiger partial charge in [-0.25, -0.2) is 0 Å². The highest BCUT2D eigenvalue weighted by Crippen LogP contribution is 2.23. The van der Waals surface area contributed by atoms with Crippen LogP contribution in [0.25, 0.3) is 0 Å². The van der Waals surface area contributed by atoms with E-state index in [-0.39, 0.29) is 11.9 Å². The van der Waals surface area contributed by atoms with Crippen LogP contribution < -0.4 is 0 Å². The summed E-state index contributed by atoms with van der Waals surface area (Å²) in [5, 5.41) is 0. The van der Waals surface area contributed by atoms with Crippen LogP contribution in [0.2, 0.25) is 0 Å². The lowest BCUT2D eigenvalue weighted by Crippen LogP contribution is -2.15. The lowest BCUT2D eigenvalue weighted by Gasteiger charge is -2.14. The van der Waals surface area contributed by atoms with Crippen LogP contribution in [0.15, 0.2) is 41.4 Å². The Bertz CT molecular complexity index is 357. The van der Waals surface area contributed by atoms with Gasteiger partial charge < -0.3 is 4.74 Å². The maximum absolute atomic E-state index is 11.7. The second kappa shape index (κ2) is 6.48. The van der Waals surface area contributed by atoms with Gasteiger partial charge in [0.15, 0.2) is 0 Å². The molecule has 0 amide bonds. The predicted molar refractivity (Wildman–Crippen MR) is 68.3 cm³/mol. The van der Waals surface area contributed by atoms with Crippen molar-refractivity contribution in [3.63, 3.8) is 0 Å². The van der Waals surface area contributed by atoms with Gasteiger partial charge in [-0.2, -0.15) is 0 Å². The molecule has 1 unspecified atom stereocenters. The van der Waals surface area contributed by atoms with Crippen LogP contribution in [-0.4, -0.2) is 12.6 Å². The van der Waals surface area contributed by atoms with Crippen LogP contribution >= 0.6 is 15.9 Å². The summed E-state index contributed by atoms with van der Waals surface area (Å²) in [4.78, 5) is 11.7. The molecule has 0 saturated carbocycles. The number of esters is 1. The first kappa shape index (κ1) is 13.0. The molecule has 0 radical (unpaired) electrons. The summed E-state index contributed by atoms with van der Waals surface area (Å²) in [6.07, 6.45) is 2.34. The number of rotatable bonds is 5. The molecular formula is C13H15BrO2. The van der Waals surface area contributed by atoms with E-state index >= 15 is 0 Å². The van der Waals surface area contributed by atoms with Gasteiger partial charge >= 0.3 is 5.97 Å². The monoisotopic (exact) mass is 282 g/mol. The molecule has 1 rings (SSSR count). The predicted octanol–water partition coefficient (Wildman–Crippen LogP) is 3.67. The highest BCUT2D eigenvalue weighted by atomic mass is 79.9. The third-order valence-electron chi connectivity index (χ3n) is 2.25. The molecule has 3 heteroatoms. The topological polar surface area (TPSA) is 26.3 Å². The van der Waals surface area contributed by atoms with Crippen LogP contribution in [0.5, 0.6) is 0 Å². The molecule has 0 fully saturated rings. The minimum atomic E-state index is -0.245. The third kappa shape index (κ3) is 3.49. The van der Waals surface area contributed by atoms with Crippen LogP contribution in [0.1, 0.15) is 24.8 Å². The number of ether oxygens (including phenoxy) is 1. The second-order valence-corrected chi connectivity index (χ2v) is 4.30. The first-order valence-electron chi connectivity index (χ1n) is 5.22. The van der Waals surface area contributed by atoms with Gasteiger partial charge in [-0.3, -0.25) is 4.79 Å². The molecule has 0 saturated heterocycles. The fraction of sp³-hybridized carbons (Fsp3) is 0.308. The van der Waals surface area contributed by atoms with Gasteiger partial charge in [0.05, 0.1) is 12.5 Å². The molecule has 0 heterocycles. The van der Waals surface area contributed by atoms with E-state index in [4.69, 9.17) is 4.74 Å². The summed E-state index contributed by atoms with van der Waals surface area (Å²) < 4.78 is 6.04. The highest BCUT2D eigenvalue weighted by Gasteiger charge is 2.20. The van der Waals surface area contributed by atoms with Gasteiger partial charge in [-0.15, -0.1) is 6.58 Å². The van der Waals surface area contributed by atoms with Crippen molar-refractivity contribution in [2.45, 2.75) is 19.3 Å². The first-order chi connectivity index (χ1) is 7.69. The number of halogens is 1. The van der Waals surface area contributed by atoms with E-state index in [9.17, 15) is 4.79 Å². The summed E-state index contributed by atoms with van der Waals surface area (Å²) in [5.74, 6) is -0.435. The van der Waals surface area contributed by atoms with Crippen molar-refractivity contribution in [1.82, 2.24) is 0 Å². The Labute approximate surface area is 104 Å². The lowest BCUT2D eigenvalue weighted by molar-refractivity contribution is -0.144. The second-order valence-electron chi connectivity index (χ2n) is 3.38. The molecule has 0 aromatic heterocycles. The zero-order chi connectivity index (χ0) is 12.0. The van der Waals surface area contributed by atoms with Crippen LogP contribution in [0.4, 0.5) is 0 Å². The van der Waals surface area contributed by atoms with Crippen molar-refractivity contribution in [2.75, 3.05) is 6.61 Å². The summed E-state index contributed by atoms with van der Waals surface area (Å²) >= 11 is 3.36. The molecular weight excluding hydrogens is 268 g/mol. The quantitative estimate of drug-likeness (QED) is 0.608. The zero-order valence-corrected chi connectivity index (χ0v) is 10.9. The van der Waals surface area contributed by atoms with E-state index in [0.717, 1.165) is 10.0 Å². The highest BCUT2D eigenvalue weighted by molar-refractivity contribution is 9.10. The molecule has 0 aliphatic rings. The van der Waals surface area contributed by atoms with Crippen molar-refractivity contribution in [3.05, 3.63) is 47.0 Å². The summed E-state index contributed by atoms with van der Waals surface area (Å²) in [6, 6.07) is 7.69. The van der Waals surface area contributed by atoms with E-state index in [1.165, 1.54) is 0 Å². The molecule has 0 spiro atoms. The average molecular weight is 283 g/mol. The molecule has 2 nitrogen and oxygen atoms in total. The third-order valence-corrected chi connectivity index (χ3v) is 2.77. The smallest absolute Gasteiger partial charge is 0.313 e. The Morgan fingerprint density at radius 2 is 2.12 bits per heavy atom. The summed E-state index contributed by atoms with van der Waals surface area (Å²) in [5.41, 5.74) is 0.960. The minimum absolute atomic E-state index is 0.190. The van der Waals surface area contributed by atoms with Crippen molar-refractivity contribution in [1.29, 1.82) is 0 Å². The van der Waals surface area contributed by atoms with Gasteiger partial charge in [0.1, 0.15) is 0 Å². The molecule has 0 bridgehead atoms. The number of carbonyl (C=O) groups is 1. The van der Waals surface area contributed by atoms with Crippen molar-refractivity contribution in [3.8, 4) is 0 Å². The van der Waals surface area contributed by atoms with Gasteiger partial charge in [0.2, 0.25) is 0 Å².